The molecular weight excluding hydrogens is 226 g/mol. The average Bonchev–Trinajstić information content (AvgIpc) is 2.35. The van der Waals surface area contributed by atoms with E-state index in [9.17, 15) is 0 Å². The van der Waals surface area contributed by atoms with E-state index in [-0.39, 0.29) is 0 Å². The summed E-state index contributed by atoms with van der Waals surface area (Å²) in [5.74, 6) is 1.35. The lowest BCUT2D eigenvalue weighted by Crippen LogP contribution is -2.38. The molecule has 0 aliphatic carbocycles. The van der Waals surface area contributed by atoms with Crippen LogP contribution in [0.3, 0.4) is 0 Å². The van der Waals surface area contributed by atoms with Crippen LogP contribution in [0.25, 0.3) is 0 Å². The highest BCUT2D eigenvalue weighted by atomic mass is 32.2. The molecule has 0 aromatic carbocycles. The van der Waals surface area contributed by atoms with Crippen molar-refractivity contribution in [2.24, 2.45) is 0 Å². The third-order valence-corrected chi connectivity index (χ3v) is 4.80. The third kappa shape index (κ3) is 8.96. The van der Waals surface area contributed by atoms with E-state index >= 15 is 0 Å². The van der Waals surface area contributed by atoms with Gasteiger partial charge in [-0.2, -0.15) is 11.8 Å². The Hall–Kier alpha value is 0.310. The van der Waals surface area contributed by atoms with Crippen molar-refractivity contribution in [3.05, 3.63) is 0 Å². The van der Waals surface area contributed by atoms with E-state index in [1.165, 1.54) is 57.2 Å². The molecule has 0 spiro atoms. The molecule has 0 aromatic heterocycles. The summed E-state index contributed by atoms with van der Waals surface area (Å²) < 4.78 is 0. The standard InChI is InChI=1S/C15H33NS/c1-5-9-10-13-17-15(8-4)14(11-6-2)16-12-7-3/h14-16H,5-13H2,1-4H3. The van der Waals surface area contributed by atoms with E-state index in [0.717, 1.165) is 11.3 Å². The molecule has 0 radical (unpaired) electrons. The normalized spacial score (nSPS) is 14.8. The second-order valence-corrected chi connectivity index (χ2v) is 6.22. The van der Waals surface area contributed by atoms with Crippen molar-refractivity contribution in [1.82, 2.24) is 5.32 Å². The minimum Gasteiger partial charge on any atom is -0.313 e. The topological polar surface area (TPSA) is 12.0 Å². The van der Waals surface area contributed by atoms with Crippen molar-refractivity contribution < 1.29 is 0 Å². The van der Waals surface area contributed by atoms with E-state index in [0.29, 0.717) is 0 Å². The first-order valence-electron chi connectivity index (χ1n) is 7.64. The Morgan fingerprint density at radius 3 is 2.24 bits per heavy atom. The van der Waals surface area contributed by atoms with Crippen LogP contribution in [0.5, 0.6) is 0 Å². The molecule has 1 nitrogen and oxygen atoms in total. The van der Waals surface area contributed by atoms with Gasteiger partial charge in [0.05, 0.1) is 0 Å². The number of rotatable bonds is 12. The Morgan fingerprint density at radius 2 is 1.71 bits per heavy atom. The fourth-order valence-corrected chi connectivity index (χ4v) is 3.54. The van der Waals surface area contributed by atoms with Crippen molar-refractivity contribution in [1.29, 1.82) is 0 Å². The van der Waals surface area contributed by atoms with Crippen LogP contribution in [-0.4, -0.2) is 23.6 Å². The van der Waals surface area contributed by atoms with Crippen LogP contribution in [0.4, 0.5) is 0 Å². The number of hydrogen-bond donors (Lipinski definition) is 1. The summed E-state index contributed by atoms with van der Waals surface area (Å²) in [7, 11) is 0. The van der Waals surface area contributed by atoms with Crippen LogP contribution in [0.1, 0.15) is 72.6 Å². The molecule has 2 heteroatoms. The van der Waals surface area contributed by atoms with Gasteiger partial charge in [0.2, 0.25) is 0 Å². The lowest BCUT2D eigenvalue weighted by molar-refractivity contribution is 0.454. The zero-order chi connectivity index (χ0) is 12.9. The molecular formula is C15H33NS. The van der Waals surface area contributed by atoms with E-state index in [2.05, 4.69) is 44.8 Å². The van der Waals surface area contributed by atoms with Gasteiger partial charge in [-0.1, -0.05) is 47.0 Å². The molecule has 0 aromatic rings. The van der Waals surface area contributed by atoms with Crippen molar-refractivity contribution in [3.8, 4) is 0 Å². The summed E-state index contributed by atoms with van der Waals surface area (Å²) in [6.07, 6.45) is 9.31. The number of nitrogens with one attached hydrogen (secondary N) is 1. The molecule has 0 saturated heterocycles. The fourth-order valence-electron chi connectivity index (χ4n) is 2.17. The van der Waals surface area contributed by atoms with Gasteiger partial charge >= 0.3 is 0 Å². The van der Waals surface area contributed by atoms with E-state index in [1.54, 1.807) is 0 Å². The van der Waals surface area contributed by atoms with E-state index in [1.807, 2.05) is 0 Å². The van der Waals surface area contributed by atoms with Gasteiger partial charge in [0.1, 0.15) is 0 Å². The summed E-state index contributed by atoms with van der Waals surface area (Å²) in [5, 5.41) is 4.56. The Kier molecular flexibility index (Phi) is 13.0. The Balaban J connectivity index is 3.95. The highest BCUT2D eigenvalue weighted by Gasteiger charge is 2.18. The van der Waals surface area contributed by atoms with Gasteiger partial charge in [-0.15, -0.1) is 0 Å². The maximum atomic E-state index is 3.74. The SMILES string of the molecule is CCCCCSC(CC)C(CCC)NCCC. The molecule has 0 amide bonds. The lowest BCUT2D eigenvalue weighted by atomic mass is 10.1. The van der Waals surface area contributed by atoms with Crippen LogP contribution < -0.4 is 5.32 Å². The molecule has 0 fully saturated rings. The predicted molar refractivity (Wildman–Crippen MR) is 83.1 cm³/mol. The van der Waals surface area contributed by atoms with Crippen molar-refractivity contribution in [3.63, 3.8) is 0 Å². The van der Waals surface area contributed by atoms with E-state index in [4.69, 9.17) is 0 Å². The van der Waals surface area contributed by atoms with Crippen LogP contribution in [0.15, 0.2) is 0 Å². The first-order valence-corrected chi connectivity index (χ1v) is 8.69. The van der Waals surface area contributed by atoms with Crippen molar-refractivity contribution in [2.75, 3.05) is 12.3 Å². The van der Waals surface area contributed by atoms with Crippen LogP contribution >= 0.6 is 11.8 Å². The Bertz CT molecular complexity index is 150. The summed E-state index contributed by atoms with van der Waals surface area (Å²) in [5.41, 5.74) is 0. The number of thioether (sulfide) groups is 1. The third-order valence-electron chi connectivity index (χ3n) is 3.19. The molecule has 17 heavy (non-hydrogen) atoms. The first-order chi connectivity index (χ1) is 8.29. The molecule has 0 aliphatic rings. The Morgan fingerprint density at radius 1 is 0.941 bits per heavy atom. The molecule has 0 heterocycles. The predicted octanol–water partition coefficient (Wildman–Crippen LogP) is 4.86. The van der Waals surface area contributed by atoms with Crippen molar-refractivity contribution >= 4 is 11.8 Å². The quantitative estimate of drug-likeness (QED) is 0.502. The second kappa shape index (κ2) is 12.8. The summed E-state index contributed by atoms with van der Waals surface area (Å²) >= 11 is 2.20. The lowest BCUT2D eigenvalue weighted by Gasteiger charge is -2.26. The summed E-state index contributed by atoms with van der Waals surface area (Å²) in [6.45, 7) is 10.4. The Labute approximate surface area is 114 Å². The maximum Gasteiger partial charge on any atom is 0.0198 e. The zero-order valence-corrected chi connectivity index (χ0v) is 13.2. The van der Waals surface area contributed by atoms with Gasteiger partial charge in [0.15, 0.2) is 0 Å². The molecule has 0 saturated carbocycles. The molecule has 2 unspecified atom stereocenters. The molecule has 1 N–H and O–H groups in total. The highest BCUT2D eigenvalue weighted by Crippen LogP contribution is 2.22. The van der Waals surface area contributed by atoms with Gasteiger partial charge < -0.3 is 5.32 Å². The van der Waals surface area contributed by atoms with Gasteiger partial charge in [0.25, 0.3) is 0 Å². The average molecular weight is 260 g/mol. The maximum absolute atomic E-state index is 3.74. The minimum atomic E-state index is 0.733. The van der Waals surface area contributed by atoms with Crippen LogP contribution in [0, 0.1) is 0 Å². The smallest absolute Gasteiger partial charge is 0.0198 e. The number of hydrogen-bond acceptors (Lipinski definition) is 2. The molecule has 0 rings (SSSR count). The van der Waals surface area contributed by atoms with Crippen molar-refractivity contribution in [2.45, 2.75) is 83.9 Å². The zero-order valence-electron chi connectivity index (χ0n) is 12.4. The second-order valence-electron chi connectivity index (χ2n) is 4.87. The highest BCUT2D eigenvalue weighted by molar-refractivity contribution is 7.99. The number of unbranched alkanes of at least 4 members (excludes halogenated alkanes) is 2. The first kappa shape index (κ1) is 17.3. The fraction of sp³-hybridized carbons (Fsp3) is 1.00. The van der Waals surface area contributed by atoms with Gasteiger partial charge in [0, 0.05) is 11.3 Å². The summed E-state index contributed by atoms with van der Waals surface area (Å²) in [6, 6.07) is 0.733. The molecule has 2 atom stereocenters. The largest absolute Gasteiger partial charge is 0.313 e. The van der Waals surface area contributed by atoms with Gasteiger partial charge in [-0.05, 0) is 38.0 Å². The molecule has 0 aliphatic heterocycles. The molecule has 104 valence electrons. The molecule has 0 bridgehead atoms. The summed E-state index contributed by atoms with van der Waals surface area (Å²) in [4.78, 5) is 0. The monoisotopic (exact) mass is 259 g/mol. The van der Waals surface area contributed by atoms with Crippen LogP contribution in [0.2, 0.25) is 0 Å². The van der Waals surface area contributed by atoms with Crippen LogP contribution in [-0.2, 0) is 0 Å². The van der Waals surface area contributed by atoms with Gasteiger partial charge in [-0.25, -0.2) is 0 Å². The van der Waals surface area contributed by atoms with E-state index < -0.39 is 0 Å². The van der Waals surface area contributed by atoms with Gasteiger partial charge in [-0.3, -0.25) is 0 Å². The minimum absolute atomic E-state index is 0.733.